The lowest BCUT2D eigenvalue weighted by Gasteiger charge is -2.09. The van der Waals surface area contributed by atoms with Crippen LogP contribution < -0.4 is 21.3 Å². The van der Waals surface area contributed by atoms with Crippen molar-refractivity contribution < 1.29 is 18.8 Å². The Balaban J connectivity index is 1.44. The van der Waals surface area contributed by atoms with E-state index in [1.165, 1.54) is 6.92 Å². The van der Waals surface area contributed by atoms with Crippen LogP contribution in [0.2, 0.25) is 0 Å². The van der Waals surface area contributed by atoms with Gasteiger partial charge in [-0.15, -0.1) is 0 Å². The van der Waals surface area contributed by atoms with Crippen LogP contribution in [-0.4, -0.2) is 24.3 Å². The largest absolute Gasteiger partial charge is 0.467 e. The Hall–Kier alpha value is -4.07. The first-order valence-electron chi connectivity index (χ1n) is 9.31. The molecule has 3 aromatic rings. The maximum Gasteiger partial charge on any atom is 0.251 e. The van der Waals surface area contributed by atoms with Crippen molar-refractivity contribution in [2.75, 3.05) is 22.5 Å². The normalized spacial score (nSPS) is 10.2. The van der Waals surface area contributed by atoms with Crippen LogP contribution in [0.15, 0.2) is 71.3 Å². The first kappa shape index (κ1) is 20.7. The van der Waals surface area contributed by atoms with Crippen molar-refractivity contribution in [3.8, 4) is 0 Å². The van der Waals surface area contributed by atoms with E-state index in [0.29, 0.717) is 34.9 Å². The van der Waals surface area contributed by atoms with Crippen LogP contribution in [0.1, 0.15) is 23.0 Å². The number of carbonyl (C=O) groups is 3. The molecule has 0 saturated heterocycles. The van der Waals surface area contributed by atoms with Gasteiger partial charge in [-0.3, -0.25) is 14.4 Å². The predicted octanol–water partition coefficient (Wildman–Crippen LogP) is 3.22. The molecule has 4 N–H and O–H groups in total. The average molecular weight is 406 g/mol. The highest BCUT2D eigenvalue weighted by Crippen LogP contribution is 2.14. The zero-order chi connectivity index (χ0) is 21.3. The van der Waals surface area contributed by atoms with Crippen LogP contribution >= 0.6 is 0 Å². The standard InChI is InChI=1S/C22H22N4O4/c1-15(27)25-18-8-10-19(11-9-18)26-21(28)14-23-17-6-4-16(5-7-17)22(29)24-13-20-3-2-12-30-20/h2-12,23H,13-14H2,1H3,(H,24,29)(H,25,27)(H,26,28). The maximum absolute atomic E-state index is 12.1. The molecule has 3 amide bonds. The summed E-state index contributed by atoms with van der Waals surface area (Å²) in [7, 11) is 0. The summed E-state index contributed by atoms with van der Waals surface area (Å²) >= 11 is 0. The number of hydrogen-bond donors (Lipinski definition) is 4. The molecule has 0 aliphatic heterocycles. The topological polar surface area (TPSA) is 112 Å². The summed E-state index contributed by atoms with van der Waals surface area (Å²) in [6.07, 6.45) is 1.55. The van der Waals surface area contributed by atoms with Gasteiger partial charge in [-0.1, -0.05) is 0 Å². The number of carbonyl (C=O) groups excluding carboxylic acids is 3. The minimum absolute atomic E-state index is 0.0669. The van der Waals surface area contributed by atoms with Crippen LogP contribution in [0.4, 0.5) is 17.1 Å². The van der Waals surface area contributed by atoms with Gasteiger partial charge in [0, 0.05) is 29.5 Å². The molecule has 0 radical (unpaired) electrons. The van der Waals surface area contributed by atoms with Crippen molar-refractivity contribution in [3.05, 3.63) is 78.3 Å². The molecule has 0 aliphatic rings. The molecule has 0 fully saturated rings. The molecule has 0 unspecified atom stereocenters. The Bertz CT molecular complexity index is 997. The van der Waals surface area contributed by atoms with Gasteiger partial charge in [-0.2, -0.15) is 0 Å². The summed E-state index contributed by atoms with van der Waals surface area (Å²) in [5.41, 5.74) is 2.51. The van der Waals surface area contributed by atoms with Crippen LogP contribution in [0.3, 0.4) is 0 Å². The molecule has 2 aromatic carbocycles. The van der Waals surface area contributed by atoms with Gasteiger partial charge in [0.25, 0.3) is 5.91 Å². The molecular weight excluding hydrogens is 384 g/mol. The van der Waals surface area contributed by atoms with Crippen molar-refractivity contribution in [1.29, 1.82) is 0 Å². The molecule has 8 heteroatoms. The number of hydrogen-bond acceptors (Lipinski definition) is 5. The first-order valence-corrected chi connectivity index (χ1v) is 9.31. The third kappa shape index (κ3) is 6.23. The lowest BCUT2D eigenvalue weighted by Crippen LogP contribution is -2.23. The summed E-state index contributed by atoms with van der Waals surface area (Å²) in [6.45, 7) is 1.82. The van der Waals surface area contributed by atoms with Gasteiger partial charge >= 0.3 is 0 Å². The van der Waals surface area contributed by atoms with Crippen LogP contribution in [0, 0.1) is 0 Å². The first-order chi connectivity index (χ1) is 14.5. The second-order valence-corrected chi connectivity index (χ2v) is 6.50. The summed E-state index contributed by atoms with van der Waals surface area (Å²) in [5.74, 6) is 0.0929. The van der Waals surface area contributed by atoms with Gasteiger partial charge in [-0.25, -0.2) is 0 Å². The van der Waals surface area contributed by atoms with E-state index in [1.54, 1.807) is 66.9 Å². The highest BCUT2D eigenvalue weighted by Gasteiger charge is 2.07. The van der Waals surface area contributed by atoms with E-state index in [2.05, 4.69) is 21.3 Å². The summed E-state index contributed by atoms with van der Waals surface area (Å²) in [4.78, 5) is 35.3. The second-order valence-electron chi connectivity index (χ2n) is 6.50. The van der Waals surface area contributed by atoms with E-state index in [-0.39, 0.29) is 24.3 Å². The van der Waals surface area contributed by atoms with Gasteiger partial charge in [0.05, 0.1) is 19.4 Å². The van der Waals surface area contributed by atoms with E-state index in [4.69, 9.17) is 4.42 Å². The minimum atomic E-state index is -0.220. The summed E-state index contributed by atoms with van der Waals surface area (Å²) in [6, 6.07) is 17.2. The Morgan fingerprint density at radius 3 is 2.07 bits per heavy atom. The predicted molar refractivity (Wildman–Crippen MR) is 114 cm³/mol. The van der Waals surface area contributed by atoms with E-state index in [0.717, 1.165) is 0 Å². The lowest BCUT2D eigenvalue weighted by atomic mass is 10.2. The molecule has 0 saturated carbocycles. The van der Waals surface area contributed by atoms with Crippen molar-refractivity contribution in [2.24, 2.45) is 0 Å². The molecule has 154 valence electrons. The Labute approximate surface area is 173 Å². The molecule has 1 heterocycles. The third-order valence-corrected chi connectivity index (χ3v) is 4.09. The van der Waals surface area contributed by atoms with Gasteiger partial charge in [0.1, 0.15) is 5.76 Å². The third-order valence-electron chi connectivity index (χ3n) is 4.09. The van der Waals surface area contributed by atoms with Gasteiger partial charge in [0.15, 0.2) is 0 Å². The number of furan rings is 1. The minimum Gasteiger partial charge on any atom is -0.467 e. The zero-order valence-corrected chi connectivity index (χ0v) is 16.4. The zero-order valence-electron chi connectivity index (χ0n) is 16.4. The number of nitrogens with one attached hydrogen (secondary N) is 4. The Morgan fingerprint density at radius 2 is 1.47 bits per heavy atom. The van der Waals surface area contributed by atoms with Crippen LogP contribution in [-0.2, 0) is 16.1 Å². The Morgan fingerprint density at radius 1 is 0.833 bits per heavy atom. The maximum atomic E-state index is 12.1. The van der Waals surface area contributed by atoms with Crippen molar-refractivity contribution in [1.82, 2.24) is 5.32 Å². The van der Waals surface area contributed by atoms with E-state index < -0.39 is 0 Å². The molecule has 1 aromatic heterocycles. The molecular formula is C22H22N4O4. The fourth-order valence-electron chi connectivity index (χ4n) is 2.65. The number of benzene rings is 2. The Kier molecular flexibility index (Phi) is 6.83. The highest BCUT2D eigenvalue weighted by molar-refractivity contribution is 5.95. The molecule has 8 nitrogen and oxygen atoms in total. The molecule has 0 spiro atoms. The SMILES string of the molecule is CC(=O)Nc1ccc(NC(=O)CNc2ccc(C(=O)NCc3ccco3)cc2)cc1. The van der Waals surface area contributed by atoms with Crippen LogP contribution in [0.5, 0.6) is 0 Å². The van der Waals surface area contributed by atoms with E-state index >= 15 is 0 Å². The quantitative estimate of drug-likeness (QED) is 0.459. The van der Waals surface area contributed by atoms with Crippen molar-refractivity contribution >= 4 is 34.8 Å². The number of rotatable bonds is 8. The van der Waals surface area contributed by atoms with Crippen molar-refractivity contribution in [2.45, 2.75) is 13.5 Å². The molecule has 0 atom stereocenters. The van der Waals surface area contributed by atoms with Gasteiger partial charge in [0.2, 0.25) is 11.8 Å². The van der Waals surface area contributed by atoms with Crippen LogP contribution in [0.25, 0.3) is 0 Å². The molecule has 0 bridgehead atoms. The smallest absolute Gasteiger partial charge is 0.251 e. The fraction of sp³-hybridized carbons (Fsp3) is 0.136. The van der Waals surface area contributed by atoms with Gasteiger partial charge in [-0.05, 0) is 60.7 Å². The van der Waals surface area contributed by atoms with E-state index in [1.807, 2.05) is 0 Å². The number of amides is 3. The molecule has 3 rings (SSSR count). The summed E-state index contributed by atoms with van der Waals surface area (Å²) < 4.78 is 5.18. The monoisotopic (exact) mass is 406 g/mol. The fourth-order valence-corrected chi connectivity index (χ4v) is 2.65. The molecule has 0 aliphatic carbocycles. The van der Waals surface area contributed by atoms with Gasteiger partial charge < -0.3 is 25.7 Å². The molecule has 30 heavy (non-hydrogen) atoms. The summed E-state index contributed by atoms with van der Waals surface area (Å²) in [5, 5.41) is 11.2. The highest BCUT2D eigenvalue weighted by atomic mass is 16.3. The van der Waals surface area contributed by atoms with Crippen molar-refractivity contribution in [3.63, 3.8) is 0 Å². The average Bonchev–Trinajstić information content (AvgIpc) is 3.26. The lowest BCUT2D eigenvalue weighted by molar-refractivity contribution is -0.115. The van der Waals surface area contributed by atoms with E-state index in [9.17, 15) is 14.4 Å². The number of anilines is 3. The second kappa shape index (κ2) is 9.92.